The maximum atomic E-state index is 12.0. The molecule has 1 amide bonds. The van der Waals surface area contributed by atoms with E-state index in [2.05, 4.69) is 10.3 Å². The van der Waals surface area contributed by atoms with Gasteiger partial charge in [-0.15, -0.1) is 0 Å². The van der Waals surface area contributed by atoms with Crippen LogP contribution in [-0.4, -0.2) is 30.7 Å². The number of hydrogen-bond acceptors (Lipinski definition) is 6. The molecule has 162 valence electrons. The Hall–Kier alpha value is -3.08. The van der Waals surface area contributed by atoms with Crippen LogP contribution in [0, 0.1) is 6.92 Å². The second kappa shape index (κ2) is 9.82. The molecule has 2 N–H and O–H groups in total. The zero-order valence-electron chi connectivity index (χ0n) is 16.8. The molecule has 0 fully saturated rings. The van der Waals surface area contributed by atoms with E-state index >= 15 is 0 Å². The lowest BCUT2D eigenvalue weighted by atomic mass is 10.0. The summed E-state index contributed by atoms with van der Waals surface area (Å²) in [6.07, 6.45) is 1.33. The molecule has 1 unspecified atom stereocenters. The van der Waals surface area contributed by atoms with Gasteiger partial charge in [-0.25, -0.2) is 9.78 Å². The van der Waals surface area contributed by atoms with Crippen LogP contribution in [0.5, 0.6) is 0 Å². The van der Waals surface area contributed by atoms with Gasteiger partial charge in [0.05, 0.1) is 28.2 Å². The second-order valence-electron chi connectivity index (χ2n) is 6.77. The lowest BCUT2D eigenvalue weighted by molar-refractivity contribution is -0.114. The number of hydrogen-bond donors (Lipinski definition) is 2. The van der Waals surface area contributed by atoms with Gasteiger partial charge in [-0.1, -0.05) is 35.6 Å². The van der Waals surface area contributed by atoms with E-state index in [1.807, 2.05) is 6.07 Å². The number of nitrogens with zero attached hydrogens (tertiary/aromatic N) is 2. The summed E-state index contributed by atoms with van der Waals surface area (Å²) in [7, 11) is 0. The number of anilines is 3. The Morgan fingerprint density at radius 2 is 1.84 bits per heavy atom. The van der Waals surface area contributed by atoms with Crippen LogP contribution < -0.4 is 9.62 Å². The number of aromatic carboxylic acids is 1. The van der Waals surface area contributed by atoms with Crippen molar-refractivity contribution in [3.63, 3.8) is 0 Å². The summed E-state index contributed by atoms with van der Waals surface area (Å²) >= 11 is -1.50. The van der Waals surface area contributed by atoms with Crippen molar-refractivity contribution in [2.75, 3.05) is 9.62 Å². The molecule has 0 aliphatic carbocycles. The highest BCUT2D eigenvalue weighted by Gasteiger charge is 2.18. The fourth-order valence-electron chi connectivity index (χ4n) is 2.99. The predicted octanol–water partition coefficient (Wildman–Crippen LogP) is 3.83. The quantitative estimate of drug-likeness (QED) is 0.495. The molecule has 31 heavy (non-hydrogen) atoms. The van der Waals surface area contributed by atoms with E-state index in [9.17, 15) is 18.4 Å². The van der Waals surface area contributed by atoms with Crippen LogP contribution in [-0.2, 0) is 28.9 Å². The molecule has 0 radical (unpaired) electrons. The average Bonchev–Trinajstić information content (AvgIpc) is 3.05. The molecule has 10 heteroatoms. The van der Waals surface area contributed by atoms with E-state index in [4.69, 9.17) is 5.11 Å². The van der Waals surface area contributed by atoms with E-state index in [0.29, 0.717) is 34.4 Å². The lowest BCUT2D eigenvalue weighted by Gasteiger charge is -2.25. The normalized spacial score (nSPS) is 11.7. The first-order valence-electron chi connectivity index (χ1n) is 9.30. The van der Waals surface area contributed by atoms with E-state index in [0.717, 1.165) is 26.8 Å². The molecule has 0 saturated carbocycles. The first-order chi connectivity index (χ1) is 14.7. The van der Waals surface area contributed by atoms with E-state index in [1.165, 1.54) is 6.92 Å². The van der Waals surface area contributed by atoms with Crippen LogP contribution in [0.3, 0.4) is 0 Å². The lowest BCUT2D eigenvalue weighted by Crippen LogP contribution is -2.19. The van der Waals surface area contributed by atoms with E-state index < -0.39 is 17.2 Å². The minimum atomic E-state index is -2.58. The number of carboxylic acid groups (broad SMARTS) is 1. The van der Waals surface area contributed by atoms with Gasteiger partial charge in [0.1, 0.15) is 5.00 Å². The van der Waals surface area contributed by atoms with E-state index in [-0.39, 0.29) is 11.5 Å². The number of thiazole rings is 1. The molecule has 1 heterocycles. The fraction of sp³-hybridized carbons (Fsp3) is 0.190. The van der Waals surface area contributed by atoms with Crippen molar-refractivity contribution in [3.05, 3.63) is 70.9 Å². The van der Waals surface area contributed by atoms with Gasteiger partial charge >= 0.3 is 5.97 Å². The Morgan fingerprint density at radius 1 is 1.16 bits per heavy atom. The molecule has 8 nitrogen and oxygen atoms in total. The minimum absolute atomic E-state index is 0.234. The highest BCUT2D eigenvalue weighted by atomic mass is 32.2. The SMILES string of the molecule is CC(=O)Nc1nc(C)c(N(c2cccc(CCc3ccc(C(=O)O)cc3)c2)S(=O)[O-])s1. The van der Waals surface area contributed by atoms with Gasteiger partial charge in [0.2, 0.25) is 5.91 Å². The summed E-state index contributed by atoms with van der Waals surface area (Å²) in [5, 5.41) is 12.3. The van der Waals surface area contributed by atoms with Crippen LogP contribution in [0.4, 0.5) is 15.8 Å². The van der Waals surface area contributed by atoms with Crippen LogP contribution in [0.25, 0.3) is 0 Å². The number of carbonyl (C=O) groups excluding carboxylic acids is 1. The Labute approximate surface area is 186 Å². The predicted molar refractivity (Wildman–Crippen MR) is 119 cm³/mol. The van der Waals surface area contributed by atoms with Gasteiger partial charge in [-0.2, -0.15) is 0 Å². The molecular formula is C21H20N3O5S2-. The van der Waals surface area contributed by atoms with Gasteiger partial charge in [0.25, 0.3) is 0 Å². The number of benzene rings is 2. The van der Waals surface area contributed by atoms with Crippen LogP contribution in [0.2, 0.25) is 0 Å². The third-order valence-electron chi connectivity index (χ3n) is 4.44. The molecule has 0 aliphatic heterocycles. The highest BCUT2D eigenvalue weighted by molar-refractivity contribution is 7.81. The van der Waals surface area contributed by atoms with Crippen LogP contribution in [0.1, 0.15) is 34.1 Å². The zero-order valence-corrected chi connectivity index (χ0v) is 18.5. The molecule has 0 spiro atoms. The summed E-state index contributed by atoms with van der Waals surface area (Å²) in [4.78, 5) is 26.5. The van der Waals surface area contributed by atoms with Crippen molar-refractivity contribution in [1.29, 1.82) is 0 Å². The average molecular weight is 459 g/mol. The zero-order chi connectivity index (χ0) is 22.5. The van der Waals surface area contributed by atoms with Crippen molar-refractivity contribution in [1.82, 2.24) is 4.98 Å². The Balaban J connectivity index is 1.81. The summed E-state index contributed by atoms with van der Waals surface area (Å²) in [6.45, 7) is 3.04. The smallest absolute Gasteiger partial charge is 0.335 e. The number of nitrogens with one attached hydrogen (secondary N) is 1. The Morgan fingerprint density at radius 3 is 2.45 bits per heavy atom. The highest BCUT2D eigenvalue weighted by Crippen LogP contribution is 2.37. The molecule has 3 aromatic rings. The van der Waals surface area contributed by atoms with Crippen LogP contribution >= 0.6 is 11.3 Å². The third-order valence-corrected chi connectivity index (χ3v) is 6.30. The maximum absolute atomic E-state index is 12.0. The first kappa shape index (κ1) is 22.6. The summed E-state index contributed by atoms with van der Waals surface area (Å²) in [5.74, 6) is -1.25. The summed E-state index contributed by atoms with van der Waals surface area (Å²) in [6, 6.07) is 13.8. The Kier molecular flexibility index (Phi) is 7.16. The van der Waals surface area contributed by atoms with Crippen LogP contribution in [0.15, 0.2) is 48.5 Å². The van der Waals surface area contributed by atoms with Gasteiger partial charge in [-0.3, -0.25) is 13.3 Å². The number of carbonyl (C=O) groups is 2. The number of rotatable bonds is 8. The number of aromatic nitrogens is 1. The summed E-state index contributed by atoms with van der Waals surface area (Å²) < 4.78 is 25.2. The standard InChI is InChI=1S/C21H21N3O5S2/c1-13-19(30-21(22-13)23-14(2)25)24(31(28)29)18-5-3-4-16(12-18)7-6-15-8-10-17(11-9-15)20(26)27/h3-5,8-12H,6-7H2,1-2H3,(H,26,27)(H,28,29)(H,22,23,25)/p-1. The van der Waals surface area contributed by atoms with Gasteiger partial charge in [0, 0.05) is 6.92 Å². The monoisotopic (exact) mass is 458 g/mol. The van der Waals surface area contributed by atoms with Gasteiger partial charge < -0.3 is 15.0 Å². The van der Waals surface area contributed by atoms with Gasteiger partial charge in [-0.05, 0) is 55.2 Å². The van der Waals surface area contributed by atoms with Crippen molar-refractivity contribution < 1.29 is 23.5 Å². The van der Waals surface area contributed by atoms with Crippen molar-refractivity contribution in [2.45, 2.75) is 26.7 Å². The molecule has 1 atom stereocenters. The third kappa shape index (κ3) is 5.75. The number of carboxylic acids is 1. The van der Waals surface area contributed by atoms with Crippen molar-refractivity contribution in [2.24, 2.45) is 0 Å². The minimum Gasteiger partial charge on any atom is -0.755 e. The van der Waals surface area contributed by atoms with E-state index in [1.54, 1.807) is 49.4 Å². The van der Waals surface area contributed by atoms with Gasteiger partial charge in [0.15, 0.2) is 5.13 Å². The molecule has 0 bridgehead atoms. The molecule has 0 aliphatic rings. The second-order valence-corrected chi connectivity index (χ2v) is 8.55. The number of aryl methyl sites for hydroxylation is 3. The Bertz CT molecular complexity index is 1130. The fourth-order valence-corrected chi connectivity index (χ4v) is 4.78. The number of amides is 1. The molecule has 2 aromatic carbocycles. The molecule has 1 aromatic heterocycles. The van der Waals surface area contributed by atoms with Crippen molar-refractivity contribution >= 4 is 50.3 Å². The topological polar surface area (TPSA) is 123 Å². The summed E-state index contributed by atoms with van der Waals surface area (Å²) in [5.41, 5.74) is 3.10. The maximum Gasteiger partial charge on any atom is 0.335 e. The van der Waals surface area contributed by atoms with Crippen molar-refractivity contribution in [3.8, 4) is 0 Å². The largest absolute Gasteiger partial charge is 0.755 e. The molecule has 0 saturated heterocycles. The molecular weight excluding hydrogens is 438 g/mol. The molecule has 3 rings (SSSR count). The first-order valence-corrected chi connectivity index (χ1v) is 11.1.